The van der Waals surface area contributed by atoms with Gasteiger partial charge in [0.2, 0.25) is 6.41 Å². The maximum Gasteiger partial charge on any atom is 0.212 e. The molecule has 3 aromatic heterocycles. The molecule has 1 N–H and O–H groups in total. The number of hydrogen-bond donors (Lipinski definition) is 1. The molecule has 0 saturated carbocycles. The molecule has 2 fully saturated rings. The quantitative estimate of drug-likeness (QED) is 0.622. The lowest BCUT2D eigenvalue weighted by Crippen LogP contribution is -2.39. The zero-order valence-electron chi connectivity index (χ0n) is 18.1. The van der Waals surface area contributed by atoms with Gasteiger partial charge in [-0.3, -0.25) is 9.78 Å². The molecule has 0 aromatic carbocycles. The predicted molar refractivity (Wildman–Crippen MR) is 119 cm³/mol. The van der Waals surface area contributed by atoms with Crippen molar-refractivity contribution in [2.45, 2.75) is 37.2 Å². The van der Waals surface area contributed by atoms with E-state index in [0.717, 1.165) is 72.5 Å². The molecule has 166 valence electrons. The maximum atomic E-state index is 10.9. The summed E-state index contributed by atoms with van der Waals surface area (Å²) in [6.45, 7) is 2.75. The molecule has 1 spiro atoms. The van der Waals surface area contributed by atoms with E-state index in [-0.39, 0.29) is 11.5 Å². The van der Waals surface area contributed by atoms with Crippen LogP contribution in [0.2, 0.25) is 0 Å². The van der Waals surface area contributed by atoms with Crippen LogP contribution in [0.15, 0.2) is 24.5 Å². The molecule has 2 aliphatic heterocycles. The summed E-state index contributed by atoms with van der Waals surface area (Å²) in [5.74, 6) is 1.43. The van der Waals surface area contributed by atoms with E-state index in [0.29, 0.717) is 25.4 Å². The van der Waals surface area contributed by atoms with Gasteiger partial charge in [-0.2, -0.15) is 0 Å². The number of amides is 1. The lowest BCUT2D eigenvalue weighted by molar-refractivity contribution is -0.105. The van der Waals surface area contributed by atoms with Crippen molar-refractivity contribution in [1.29, 1.82) is 0 Å². The van der Waals surface area contributed by atoms with Crippen molar-refractivity contribution in [3.63, 3.8) is 0 Å². The van der Waals surface area contributed by atoms with Gasteiger partial charge in [0.15, 0.2) is 0 Å². The van der Waals surface area contributed by atoms with E-state index in [2.05, 4.69) is 22.6 Å². The van der Waals surface area contributed by atoms with Crippen LogP contribution in [0.3, 0.4) is 0 Å². The Bertz CT molecular complexity index is 1190. The molecule has 8 nitrogen and oxygen atoms in total. The molecule has 1 unspecified atom stereocenters. The van der Waals surface area contributed by atoms with Gasteiger partial charge in [0.25, 0.3) is 0 Å². The first kappa shape index (κ1) is 19.7. The lowest BCUT2D eigenvalue weighted by Gasteiger charge is -2.36. The summed E-state index contributed by atoms with van der Waals surface area (Å²) < 4.78 is 19.7. The fourth-order valence-electron chi connectivity index (χ4n) is 5.27. The summed E-state index contributed by atoms with van der Waals surface area (Å²) in [6, 6.07) is 3.98. The van der Waals surface area contributed by atoms with Crippen molar-refractivity contribution in [2.24, 2.45) is 7.05 Å². The van der Waals surface area contributed by atoms with Crippen LogP contribution in [-0.4, -0.2) is 53.5 Å². The molecular weight excluding hydrogens is 408 g/mol. The minimum Gasteiger partial charge on any atom is -0.485 e. The predicted octanol–water partition coefficient (Wildman–Crippen LogP) is 2.98. The molecule has 8 heteroatoms. The molecule has 1 aliphatic carbocycles. The van der Waals surface area contributed by atoms with E-state index in [9.17, 15) is 4.79 Å². The Morgan fingerprint density at radius 1 is 1.28 bits per heavy atom. The van der Waals surface area contributed by atoms with Crippen molar-refractivity contribution in [2.75, 3.05) is 31.7 Å². The molecule has 3 aromatic rings. The number of ether oxygens (including phenoxy) is 3. The van der Waals surface area contributed by atoms with Gasteiger partial charge in [-0.1, -0.05) is 0 Å². The summed E-state index contributed by atoms with van der Waals surface area (Å²) >= 11 is 0. The minimum absolute atomic E-state index is 0.0335. The van der Waals surface area contributed by atoms with Gasteiger partial charge in [0.05, 0.1) is 42.9 Å². The highest BCUT2D eigenvalue weighted by atomic mass is 16.6. The van der Waals surface area contributed by atoms with E-state index in [1.807, 2.05) is 17.7 Å². The van der Waals surface area contributed by atoms with Gasteiger partial charge in [-0.15, -0.1) is 0 Å². The molecular formula is C24H26N4O4. The normalized spacial score (nSPS) is 22.7. The largest absolute Gasteiger partial charge is 0.485 e. The highest BCUT2D eigenvalue weighted by Gasteiger charge is 2.43. The number of carbonyl (C=O) groups excluding carboxylic acids is 1. The minimum atomic E-state index is -0.0335. The monoisotopic (exact) mass is 434 g/mol. The van der Waals surface area contributed by atoms with Gasteiger partial charge in [-0.05, 0) is 31.7 Å². The third kappa shape index (κ3) is 3.09. The molecule has 3 aliphatic rings. The van der Waals surface area contributed by atoms with Crippen LogP contribution in [0, 0.1) is 0 Å². The zero-order valence-corrected chi connectivity index (χ0v) is 18.1. The fourth-order valence-corrected chi connectivity index (χ4v) is 5.27. The summed E-state index contributed by atoms with van der Waals surface area (Å²) in [7, 11) is 1.99. The lowest BCUT2D eigenvalue weighted by atomic mass is 9.72. The first-order valence-corrected chi connectivity index (χ1v) is 11.2. The molecule has 1 atom stereocenters. The van der Waals surface area contributed by atoms with Crippen LogP contribution >= 0.6 is 0 Å². The standard InChI is InChI=1S/C24H26N4O4/c1-28-10-18(17-7-22(26-14-29)25-9-20(17)28)19-8-21(32-15-11-31-12-15)16-3-2-4-24(23(16)27-19)5-6-30-13-24/h7-10,14-15H,2-6,11-13H2,1H3,(H,25,26,29). The van der Waals surface area contributed by atoms with E-state index >= 15 is 0 Å². The Morgan fingerprint density at radius 2 is 2.19 bits per heavy atom. The third-order valence-corrected chi connectivity index (χ3v) is 7.03. The Hall–Kier alpha value is -2.97. The Morgan fingerprint density at radius 3 is 2.94 bits per heavy atom. The smallest absolute Gasteiger partial charge is 0.212 e. The van der Waals surface area contributed by atoms with Crippen LogP contribution in [0.1, 0.15) is 30.5 Å². The first-order chi connectivity index (χ1) is 15.7. The van der Waals surface area contributed by atoms with Crippen molar-refractivity contribution in [3.8, 4) is 17.0 Å². The third-order valence-electron chi connectivity index (χ3n) is 7.03. The number of carbonyl (C=O) groups is 1. The van der Waals surface area contributed by atoms with Gasteiger partial charge in [-0.25, -0.2) is 4.98 Å². The summed E-state index contributed by atoms with van der Waals surface area (Å²) in [4.78, 5) is 20.5. The average molecular weight is 434 g/mol. The number of anilines is 1. The second kappa shape index (κ2) is 7.56. The van der Waals surface area contributed by atoms with Crippen molar-refractivity contribution in [1.82, 2.24) is 14.5 Å². The molecule has 1 amide bonds. The number of aryl methyl sites for hydroxylation is 1. The molecule has 0 bridgehead atoms. The second-order valence-electron chi connectivity index (χ2n) is 9.05. The molecule has 6 rings (SSSR count). The summed E-state index contributed by atoms with van der Waals surface area (Å²) in [6.07, 6.45) is 8.76. The number of nitrogens with zero attached hydrogens (tertiary/aromatic N) is 3. The average Bonchev–Trinajstić information content (AvgIpc) is 3.36. The van der Waals surface area contributed by atoms with Crippen molar-refractivity contribution >= 4 is 23.1 Å². The van der Waals surface area contributed by atoms with Gasteiger partial charge >= 0.3 is 0 Å². The van der Waals surface area contributed by atoms with Gasteiger partial charge < -0.3 is 24.1 Å². The van der Waals surface area contributed by atoms with E-state index in [4.69, 9.17) is 19.2 Å². The molecule has 0 radical (unpaired) electrons. The highest BCUT2D eigenvalue weighted by molar-refractivity contribution is 5.97. The number of fused-ring (bicyclic) bond motifs is 3. The number of hydrogen-bond acceptors (Lipinski definition) is 6. The topological polar surface area (TPSA) is 87.5 Å². The first-order valence-electron chi connectivity index (χ1n) is 11.2. The van der Waals surface area contributed by atoms with Crippen LogP contribution < -0.4 is 10.1 Å². The number of nitrogens with one attached hydrogen (secondary N) is 1. The van der Waals surface area contributed by atoms with E-state index in [1.165, 1.54) is 5.56 Å². The zero-order chi connectivity index (χ0) is 21.7. The molecule has 2 saturated heterocycles. The van der Waals surface area contributed by atoms with Crippen LogP contribution in [0.5, 0.6) is 5.75 Å². The van der Waals surface area contributed by atoms with E-state index < -0.39 is 0 Å². The van der Waals surface area contributed by atoms with Gasteiger partial charge in [0.1, 0.15) is 17.7 Å². The van der Waals surface area contributed by atoms with Crippen LogP contribution in [-0.2, 0) is 33.2 Å². The summed E-state index contributed by atoms with van der Waals surface area (Å²) in [5.41, 5.74) is 5.17. The number of rotatable bonds is 5. The number of aromatic nitrogens is 3. The van der Waals surface area contributed by atoms with Crippen LogP contribution in [0.25, 0.3) is 22.2 Å². The fraction of sp³-hybridized carbons (Fsp3) is 0.458. The SMILES string of the molecule is Cn1cc(-c2cc(OC3COC3)c3c(n2)C2(CCC3)CCOC2)c2cc(NC=O)ncc21. The van der Waals surface area contributed by atoms with Crippen molar-refractivity contribution in [3.05, 3.63) is 35.8 Å². The van der Waals surface area contributed by atoms with Crippen LogP contribution in [0.4, 0.5) is 5.82 Å². The number of pyridine rings is 2. The Balaban J connectivity index is 1.54. The van der Waals surface area contributed by atoms with Gasteiger partial charge in [0, 0.05) is 47.8 Å². The Labute approximate surface area is 185 Å². The molecule has 32 heavy (non-hydrogen) atoms. The highest BCUT2D eigenvalue weighted by Crippen LogP contribution is 2.47. The van der Waals surface area contributed by atoms with Crippen molar-refractivity contribution < 1.29 is 19.0 Å². The summed E-state index contributed by atoms with van der Waals surface area (Å²) in [5, 5.41) is 3.64. The second-order valence-corrected chi connectivity index (χ2v) is 9.05. The Kier molecular flexibility index (Phi) is 4.66. The maximum absolute atomic E-state index is 10.9. The van der Waals surface area contributed by atoms with E-state index in [1.54, 1.807) is 6.20 Å². The molecule has 5 heterocycles.